The second kappa shape index (κ2) is 4.94. The average Bonchev–Trinajstić information content (AvgIpc) is 2.24. The summed E-state index contributed by atoms with van der Waals surface area (Å²) in [6.07, 6.45) is 0. The molecule has 0 spiro atoms. The summed E-state index contributed by atoms with van der Waals surface area (Å²) in [5.74, 6) is -2.11. The Morgan fingerprint density at radius 3 is 2.69 bits per heavy atom. The van der Waals surface area contributed by atoms with Gasteiger partial charge in [0.15, 0.2) is 0 Å². The number of halogens is 1. The molecule has 88 valence electrons. The van der Waals surface area contributed by atoms with Crippen LogP contribution in [0, 0.1) is 12.7 Å². The number of ether oxygens (including phenoxy) is 1. The Morgan fingerprint density at radius 2 is 2.25 bits per heavy atom. The van der Waals surface area contributed by atoms with Crippen molar-refractivity contribution in [2.24, 2.45) is 5.73 Å². The van der Waals surface area contributed by atoms with E-state index < -0.39 is 17.7 Å². The zero-order valence-corrected chi connectivity index (χ0v) is 9.16. The molecule has 0 saturated heterocycles. The minimum atomic E-state index is -1.05. The summed E-state index contributed by atoms with van der Waals surface area (Å²) in [6, 6.07) is 2.62. The van der Waals surface area contributed by atoms with Crippen molar-refractivity contribution in [2.75, 3.05) is 13.7 Å². The van der Waals surface area contributed by atoms with E-state index in [9.17, 15) is 9.18 Å². The minimum Gasteiger partial charge on any atom is -0.496 e. The number of aliphatic carboxylic acids is 1. The average molecular weight is 227 g/mol. The molecule has 0 aliphatic carbocycles. The normalized spacial score (nSPS) is 12.2. The summed E-state index contributed by atoms with van der Waals surface area (Å²) < 4.78 is 18.3. The molecule has 0 heterocycles. The van der Waals surface area contributed by atoms with Crippen LogP contribution in [0.25, 0.3) is 0 Å². The Hall–Kier alpha value is -1.62. The first-order valence-corrected chi connectivity index (χ1v) is 4.78. The van der Waals surface area contributed by atoms with Crippen molar-refractivity contribution in [1.82, 2.24) is 0 Å². The van der Waals surface area contributed by atoms with Crippen LogP contribution < -0.4 is 10.5 Å². The highest BCUT2D eigenvalue weighted by molar-refractivity contribution is 5.77. The number of hydrogen-bond donors (Lipinski definition) is 2. The highest BCUT2D eigenvalue weighted by atomic mass is 19.1. The smallest absolute Gasteiger partial charge is 0.312 e. The Balaban J connectivity index is 3.32. The van der Waals surface area contributed by atoms with E-state index in [0.29, 0.717) is 11.1 Å². The quantitative estimate of drug-likeness (QED) is 0.812. The molecule has 1 aromatic carbocycles. The SMILES string of the molecule is COc1c(C(CN)C(=O)O)ccc(F)c1C. The van der Waals surface area contributed by atoms with Gasteiger partial charge in [0.2, 0.25) is 0 Å². The topological polar surface area (TPSA) is 72.5 Å². The van der Waals surface area contributed by atoms with Gasteiger partial charge in [0.25, 0.3) is 0 Å². The molecule has 1 aromatic rings. The number of nitrogens with two attached hydrogens (primary N) is 1. The number of methoxy groups -OCH3 is 1. The number of carbonyl (C=O) groups is 1. The highest BCUT2D eigenvalue weighted by Crippen LogP contribution is 2.31. The van der Waals surface area contributed by atoms with Crippen molar-refractivity contribution < 1.29 is 19.0 Å². The Morgan fingerprint density at radius 1 is 1.62 bits per heavy atom. The van der Waals surface area contributed by atoms with Gasteiger partial charge in [-0.15, -0.1) is 0 Å². The molecule has 0 bridgehead atoms. The maximum Gasteiger partial charge on any atom is 0.312 e. The van der Waals surface area contributed by atoms with Crippen molar-refractivity contribution >= 4 is 5.97 Å². The summed E-state index contributed by atoms with van der Waals surface area (Å²) in [6.45, 7) is 1.48. The van der Waals surface area contributed by atoms with Gasteiger partial charge in [0.05, 0.1) is 13.0 Å². The summed E-state index contributed by atoms with van der Waals surface area (Å²) in [4.78, 5) is 11.0. The van der Waals surface area contributed by atoms with Gasteiger partial charge in [-0.1, -0.05) is 6.07 Å². The van der Waals surface area contributed by atoms with Crippen LogP contribution in [0.3, 0.4) is 0 Å². The fraction of sp³-hybridized carbons (Fsp3) is 0.364. The van der Waals surface area contributed by atoms with E-state index >= 15 is 0 Å². The summed E-state index contributed by atoms with van der Waals surface area (Å²) in [5, 5.41) is 8.98. The standard InChI is InChI=1S/C11H14FNO3/c1-6-9(12)4-3-7(10(6)16-2)8(5-13)11(14)15/h3-4,8H,5,13H2,1-2H3,(H,14,15). The molecule has 0 aromatic heterocycles. The van der Waals surface area contributed by atoms with Crippen molar-refractivity contribution in [3.63, 3.8) is 0 Å². The third kappa shape index (κ3) is 2.14. The Kier molecular flexibility index (Phi) is 3.84. The summed E-state index contributed by atoms with van der Waals surface area (Å²) in [7, 11) is 1.38. The van der Waals surface area contributed by atoms with Crippen molar-refractivity contribution in [1.29, 1.82) is 0 Å². The lowest BCUT2D eigenvalue weighted by Gasteiger charge is -2.16. The predicted molar refractivity (Wildman–Crippen MR) is 57.1 cm³/mol. The lowest BCUT2D eigenvalue weighted by atomic mass is 9.96. The maximum atomic E-state index is 13.3. The number of carboxylic acids is 1. The fourth-order valence-electron chi connectivity index (χ4n) is 1.59. The first-order valence-electron chi connectivity index (χ1n) is 4.78. The number of carboxylic acid groups (broad SMARTS) is 1. The molecule has 1 atom stereocenters. The molecular formula is C11H14FNO3. The zero-order chi connectivity index (χ0) is 12.3. The van der Waals surface area contributed by atoms with E-state index in [4.69, 9.17) is 15.6 Å². The molecule has 0 radical (unpaired) electrons. The molecule has 1 rings (SSSR count). The van der Waals surface area contributed by atoms with E-state index in [1.807, 2.05) is 0 Å². The summed E-state index contributed by atoms with van der Waals surface area (Å²) in [5.41, 5.74) is 6.08. The molecule has 0 aliphatic heterocycles. The van der Waals surface area contributed by atoms with E-state index in [0.717, 1.165) is 0 Å². The van der Waals surface area contributed by atoms with Gasteiger partial charge in [-0.2, -0.15) is 0 Å². The molecule has 0 aliphatic rings. The van der Waals surface area contributed by atoms with Crippen molar-refractivity contribution in [3.05, 3.63) is 29.1 Å². The molecule has 5 heteroatoms. The molecule has 0 amide bonds. The van der Waals surface area contributed by atoms with Crippen molar-refractivity contribution in [3.8, 4) is 5.75 Å². The van der Waals surface area contributed by atoms with Crippen LogP contribution in [0.1, 0.15) is 17.0 Å². The molecule has 0 fully saturated rings. The largest absolute Gasteiger partial charge is 0.496 e. The van der Waals surface area contributed by atoms with Crippen LogP contribution in [0.4, 0.5) is 4.39 Å². The monoisotopic (exact) mass is 227 g/mol. The van der Waals surface area contributed by atoms with Crippen LogP contribution in [0.15, 0.2) is 12.1 Å². The summed E-state index contributed by atoms with van der Waals surface area (Å²) >= 11 is 0. The zero-order valence-electron chi connectivity index (χ0n) is 9.16. The third-order valence-electron chi connectivity index (χ3n) is 2.48. The van der Waals surface area contributed by atoms with Gasteiger partial charge in [0.1, 0.15) is 11.6 Å². The van der Waals surface area contributed by atoms with Crippen LogP contribution in [0.2, 0.25) is 0 Å². The Labute approximate surface area is 92.8 Å². The second-order valence-electron chi connectivity index (χ2n) is 3.42. The highest BCUT2D eigenvalue weighted by Gasteiger charge is 2.23. The van der Waals surface area contributed by atoms with Crippen molar-refractivity contribution in [2.45, 2.75) is 12.8 Å². The maximum absolute atomic E-state index is 13.3. The Bertz CT molecular complexity index is 406. The molecule has 16 heavy (non-hydrogen) atoms. The van der Waals surface area contributed by atoms with E-state index in [2.05, 4.69) is 0 Å². The van der Waals surface area contributed by atoms with E-state index in [-0.39, 0.29) is 12.3 Å². The molecule has 3 N–H and O–H groups in total. The number of hydrogen-bond acceptors (Lipinski definition) is 3. The molecule has 1 unspecified atom stereocenters. The molecular weight excluding hydrogens is 213 g/mol. The van der Waals surface area contributed by atoms with Crippen LogP contribution >= 0.6 is 0 Å². The first-order chi connectivity index (χ1) is 7.52. The molecule has 0 saturated carbocycles. The van der Waals surface area contributed by atoms with Gasteiger partial charge >= 0.3 is 5.97 Å². The van der Waals surface area contributed by atoms with Gasteiger partial charge in [0, 0.05) is 17.7 Å². The lowest BCUT2D eigenvalue weighted by Crippen LogP contribution is -2.22. The van der Waals surface area contributed by atoms with Gasteiger partial charge in [-0.3, -0.25) is 4.79 Å². The second-order valence-corrected chi connectivity index (χ2v) is 3.42. The number of rotatable bonds is 4. The van der Waals surface area contributed by atoms with Gasteiger partial charge in [-0.25, -0.2) is 4.39 Å². The predicted octanol–water partition coefficient (Wildman–Crippen LogP) is 1.27. The van der Waals surface area contributed by atoms with E-state index in [1.165, 1.54) is 26.2 Å². The van der Waals surface area contributed by atoms with Gasteiger partial charge < -0.3 is 15.6 Å². The number of benzene rings is 1. The van der Waals surface area contributed by atoms with Crippen LogP contribution in [0.5, 0.6) is 5.75 Å². The first kappa shape index (κ1) is 12.4. The van der Waals surface area contributed by atoms with Crippen LogP contribution in [-0.4, -0.2) is 24.7 Å². The molecule has 4 nitrogen and oxygen atoms in total. The lowest BCUT2D eigenvalue weighted by molar-refractivity contribution is -0.138. The minimum absolute atomic E-state index is 0.0588. The van der Waals surface area contributed by atoms with E-state index in [1.54, 1.807) is 0 Å². The van der Waals surface area contributed by atoms with Gasteiger partial charge in [-0.05, 0) is 13.0 Å². The third-order valence-corrected chi connectivity index (χ3v) is 2.48. The fourth-order valence-corrected chi connectivity index (χ4v) is 1.59. The van der Waals surface area contributed by atoms with Crippen LogP contribution in [-0.2, 0) is 4.79 Å².